The number of ether oxygens (including phenoxy) is 3. The molecule has 0 bridgehead atoms. The van der Waals surface area contributed by atoms with Crippen molar-refractivity contribution in [2.24, 2.45) is 17.8 Å². The number of anilines is 1. The van der Waals surface area contributed by atoms with Crippen LogP contribution in [0.1, 0.15) is 84.1 Å². The Morgan fingerprint density at radius 1 is 0.882 bits per heavy atom. The van der Waals surface area contributed by atoms with E-state index in [9.17, 15) is 24.0 Å². The standard InChI is InChI=1S/C39H58N4O8/c1-25(35(45)42(6)39(3,26(2)44)24-30-11-12-30)50-38(48)33(22-28-9-10-28)41(5)36(46)34(51-37(47)32(40-4)21-27-7-8-27)23-29-13-15-31(16-14-29)43-17-19-49-20-18-43/h13-16,25,27-28,30,32-34,40H,7-12,17-24H2,1-6H3/t25-,32+,33+,34-,39?/m1/s1. The number of hydrogen-bond acceptors (Lipinski definition) is 10. The average Bonchev–Trinajstić information content (AvgIpc) is 3.97. The van der Waals surface area contributed by atoms with Gasteiger partial charge in [0.25, 0.3) is 11.8 Å². The third kappa shape index (κ3) is 10.3. The largest absolute Gasteiger partial charge is 0.451 e. The molecule has 3 saturated carbocycles. The first-order valence-corrected chi connectivity index (χ1v) is 18.9. The van der Waals surface area contributed by atoms with Gasteiger partial charge in [0.1, 0.15) is 12.1 Å². The number of hydrogen-bond donors (Lipinski definition) is 1. The summed E-state index contributed by atoms with van der Waals surface area (Å²) in [6, 6.07) is 6.36. The Bertz CT molecular complexity index is 1400. The first kappa shape index (κ1) is 38.7. The van der Waals surface area contributed by atoms with E-state index in [4.69, 9.17) is 14.2 Å². The zero-order valence-corrected chi connectivity index (χ0v) is 31.4. The molecular weight excluding hydrogens is 652 g/mol. The highest BCUT2D eigenvalue weighted by atomic mass is 16.6. The number of benzene rings is 1. The summed E-state index contributed by atoms with van der Waals surface area (Å²) < 4.78 is 17.3. The van der Waals surface area contributed by atoms with Crippen LogP contribution in [0.2, 0.25) is 0 Å². The van der Waals surface area contributed by atoms with E-state index < -0.39 is 53.6 Å². The van der Waals surface area contributed by atoms with Crippen molar-refractivity contribution in [1.82, 2.24) is 15.1 Å². The van der Waals surface area contributed by atoms with E-state index in [0.29, 0.717) is 44.3 Å². The first-order chi connectivity index (χ1) is 24.3. The lowest BCUT2D eigenvalue weighted by molar-refractivity contribution is -0.171. The molecule has 12 nitrogen and oxygen atoms in total. The number of nitrogens with one attached hydrogen (secondary N) is 1. The van der Waals surface area contributed by atoms with Gasteiger partial charge in [0.15, 0.2) is 18.0 Å². The summed E-state index contributed by atoms with van der Waals surface area (Å²) in [5, 5.41) is 3.06. The summed E-state index contributed by atoms with van der Waals surface area (Å²) >= 11 is 0. The van der Waals surface area contributed by atoms with Gasteiger partial charge in [-0.2, -0.15) is 0 Å². The highest BCUT2D eigenvalue weighted by molar-refractivity contribution is 5.94. The van der Waals surface area contributed by atoms with E-state index in [1.54, 1.807) is 28.1 Å². The maximum atomic E-state index is 14.3. The summed E-state index contributed by atoms with van der Waals surface area (Å²) in [4.78, 5) is 72.9. The van der Waals surface area contributed by atoms with Crippen LogP contribution in [-0.4, -0.2) is 117 Å². The van der Waals surface area contributed by atoms with Crippen molar-refractivity contribution < 1.29 is 38.2 Å². The fraction of sp³-hybridized carbons (Fsp3) is 0.718. The molecule has 1 unspecified atom stereocenters. The molecule has 12 heteroatoms. The van der Waals surface area contributed by atoms with Crippen molar-refractivity contribution in [2.75, 3.05) is 52.3 Å². The molecule has 4 fully saturated rings. The van der Waals surface area contributed by atoms with E-state index in [2.05, 4.69) is 10.2 Å². The quantitative estimate of drug-likeness (QED) is 0.213. The van der Waals surface area contributed by atoms with E-state index in [0.717, 1.165) is 62.9 Å². The van der Waals surface area contributed by atoms with Crippen LogP contribution in [0.4, 0.5) is 5.69 Å². The van der Waals surface area contributed by atoms with E-state index >= 15 is 0 Å². The smallest absolute Gasteiger partial charge is 0.329 e. The molecule has 1 aromatic rings. The zero-order chi connectivity index (χ0) is 36.9. The monoisotopic (exact) mass is 710 g/mol. The number of morpholine rings is 1. The van der Waals surface area contributed by atoms with E-state index in [1.807, 2.05) is 24.3 Å². The fourth-order valence-corrected chi connectivity index (χ4v) is 6.98. The number of ketones is 1. The molecule has 2 amide bonds. The lowest BCUT2D eigenvalue weighted by atomic mass is 9.88. The summed E-state index contributed by atoms with van der Waals surface area (Å²) in [6.45, 7) is 7.69. The summed E-state index contributed by atoms with van der Waals surface area (Å²) in [5.74, 6) is -1.18. The molecule has 0 radical (unpaired) electrons. The minimum Gasteiger partial charge on any atom is -0.451 e. The zero-order valence-electron chi connectivity index (χ0n) is 31.4. The maximum Gasteiger partial charge on any atom is 0.329 e. The Hall–Kier alpha value is -3.51. The molecule has 5 atom stereocenters. The van der Waals surface area contributed by atoms with Gasteiger partial charge in [0.05, 0.1) is 18.8 Å². The lowest BCUT2D eigenvalue weighted by Crippen LogP contribution is -2.56. The summed E-state index contributed by atoms with van der Waals surface area (Å²) in [7, 11) is 4.84. The summed E-state index contributed by atoms with van der Waals surface area (Å²) in [5.41, 5.74) is 0.871. The Morgan fingerprint density at radius 2 is 1.47 bits per heavy atom. The van der Waals surface area contributed by atoms with Crippen molar-refractivity contribution in [3.63, 3.8) is 0 Å². The van der Waals surface area contributed by atoms with Crippen LogP contribution in [0.25, 0.3) is 0 Å². The number of amides is 2. The van der Waals surface area contributed by atoms with Crippen molar-refractivity contribution >= 4 is 35.2 Å². The second-order valence-electron chi connectivity index (χ2n) is 15.5. The molecule has 1 saturated heterocycles. The average molecular weight is 711 g/mol. The van der Waals surface area contributed by atoms with Crippen LogP contribution in [-0.2, 0) is 44.6 Å². The molecule has 1 N–H and O–H groups in total. The van der Waals surface area contributed by atoms with Crippen LogP contribution in [0.5, 0.6) is 0 Å². The second-order valence-corrected chi connectivity index (χ2v) is 15.5. The van der Waals surface area contributed by atoms with Gasteiger partial charge < -0.3 is 34.2 Å². The third-order valence-electron chi connectivity index (χ3n) is 11.4. The van der Waals surface area contributed by atoms with Gasteiger partial charge >= 0.3 is 11.9 Å². The van der Waals surface area contributed by atoms with Crippen molar-refractivity contribution in [3.05, 3.63) is 29.8 Å². The predicted molar refractivity (Wildman–Crippen MR) is 192 cm³/mol. The molecule has 0 spiro atoms. The molecule has 1 aliphatic heterocycles. The Morgan fingerprint density at radius 3 is 2.02 bits per heavy atom. The van der Waals surface area contributed by atoms with Crippen LogP contribution in [0, 0.1) is 17.8 Å². The molecule has 4 aliphatic rings. The van der Waals surface area contributed by atoms with Gasteiger partial charge in [-0.15, -0.1) is 0 Å². The molecule has 282 valence electrons. The third-order valence-corrected chi connectivity index (χ3v) is 11.4. The number of likely N-dealkylation sites (N-methyl/N-ethyl adjacent to an activating group) is 3. The Kier molecular flexibility index (Phi) is 12.8. The number of carbonyl (C=O) groups is 5. The molecular formula is C39H58N4O8. The Balaban J connectivity index is 1.31. The molecule has 5 rings (SSSR count). The SMILES string of the molecule is CN[C@@H](CC1CC1)C(=O)O[C@H](Cc1ccc(N2CCOCC2)cc1)C(=O)N(C)[C@@H](CC1CC1)C(=O)O[C@H](C)C(=O)N(C)C(C)(CC1CC1)C(C)=O. The molecule has 1 aromatic carbocycles. The van der Waals surface area contributed by atoms with Crippen molar-refractivity contribution in [2.45, 2.75) is 115 Å². The highest BCUT2D eigenvalue weighted by Gasteiger charge is 2.45. The van der Waals surface area contributed by atoms with Crippen LogP contribution < -0.4 is 10.2 Å². The van der Waals surface area contributed by atoms with Crippen molar-refractivity contribution in [1.29, 1.82) is 0 Å². The van der Waals surface area contributed by atoms with Crippen LogP contribution in [0.3, 0.4) is 0 Å². The van der Waals surface area contributed by atoms with Gasteiger partial charge in [0.2, 0.25) is 0 Å². The van der Waals surface area contributed by atoms with Gasteiger partial charge in [0, 0.05) is 39.3 Å². The topological polar surface area (TPSA) is 135 Å². The molecule has 3 aliphatic carbocycles. The lowest BCUT2D eigenvalue weighted by Gasteiger charge is -2.38. The molecule has 51 heavy (non-hydrogen) atoms. The first-order valence-electron chi connectivity index (χ1n) is 18.9. The number of carbonyl (C=O) groups excluding carboxylic acids is 5. The van der Waals surface area contributed by atoms with E-state index in [1.165, 1.54) is 23.6 Å². The minimum atomic E-state index is -1.18. The molecule has 0 aromatic heterocycles. The van der Waals surface area contributed by atoms with Gasteiger partial charge in [-0.25, -0.2) is 4.79 Å². The van der Waals surface area contributed by atoms with Crippen LogP contribution in [0.15, 0.2) is 24.3 Å². The number of esters is 2. The second kappa shape index (κ2) is 16.9. The maximum absolute atomic E-state index is 14.3. The van der Waals surface area contributed by atoms with Gasteiger partial charge in [-0.05, 0) is 82.5 Å². The molecule has 1 heterocycles. The minimum absolute atomic E-state index is 0.116. The number of rotatable bonds is 19. The Labute approximate surface area is 302 Å². The van der Waals surface area contributed by atoms with Gasteiger partial charge in [-0.1, -0.05) is 50.7 Å². The number of Topliss-reactive ketones (excluding diaryl/α,β-unsaturated/α-hetero) is 1. The normalized spacial score (nSPS) is 21.0. The van der Waals surface area contributed by atoms with Gasteiger partial charge in [-0.3, -0.25) is 19.2 Å². The van der Waals surface area contributed by atoms with Crippen LogP contribution >= 0.6 is 0 Å². The highest BCUT2D eigenvalue weighted by Crippen LogP contribution is 2.39. The summed E-state index contributed by atoms with van der Waals surface area (Å²) in [6.07, 6.45) is 5.45. The predicted octanol–water partition coefficient (Wildman–Crippen LogP) is 3.53. The van der Waals surface area contributed by atoms with Crippen molar-refractivity contribution in [3.8, 4) is 0 Å². The number of nitrogens with zero attached hydrogens (tertiary/aromatic N) is 3. The fourth-order valence-electron chi connectivity index (χ4n) is 6.98. The van der Waals surface area contributed by atoms with E-state index in [-0.39, 0.29) is 18.1 Å².